The van der Waals surface area contributed by atoms with Gasteiger partial charge in [0, 0.05) is 23.1 Å². The highest BCUT2D eigenvalue weighted by atomic mass is 32.1. The standard InChI is InChI=1S/C11H12N4OS/c1-6-5-17-11(13-6)10-14-8-2-3-16-4-7(8)9(12)15-10/h5H,2-4H2,1H3,(H2,12,14,15). The van der Waals surface area contributed by atoms with Crippen LogP contribution in [-0.2, 0) is 17.8 Å². The maximum absolute atomic E-state index is 5.93. The van der Waals surface area contributed by atoms with Gasteiger partial charge in [-0.15, -0.1) is 11.3 Å². The van der Waals surface area contributed by atoms with Crippen LogP contribution in [0, 0.1) is 6.92 Å². The van der Waals surface area contributed by atoms with Gasteiger partial charge in [0.15, 0.2) is 10.8 Å². The smallest absolute Gasteiger partial charge is 0.190 e. The summed E-state index contributed by atoms with van der Waals surface area (Å²) in [5.74, 6) is 1.14. The van der Waals surface area contributed by atoms with Gasteiger partial charge < -0.3 is 10.5 Å². The fraction of sp³-hybridized carbons (Fsp3) is 0.364. The third-order valence-electron chi connectivity index (χ3n) is 2.66. The Kier molecular flexibility index (Phi) is 2.53. The van der Waals surface area contributed by atoms with E-state index in [1.165, 1.54) is 11.3 Å². The Morgan fingerprint density at radius 3 is 3.00 bits per heavy atom. The lowest BCUT2D eigenvalue weighted by Crippen LogP contribution is -2.16. The van der Waals surface area contributed by atoms with Crippen LogP contribution in [0.3, 0.4) is 0 Å². The van der Waals surface area contributed by atoms with Crippen molar-refractivity contribution in [2.24, 2.45) is 0 Å². The molecular formula is C11H12N4OS. The van der Waals surface area contributed by atoms with Gasteiger partial charge >= 0.3 is 0 Å². The molecule has 0 radical (unpaired) electrons. The molecule has 3 heterocycles. The number of aryl methyl sites for hydroxylation is 1. The molecule has 88 valence electrons. The van der Waals surface area contributed by atoms with Crippen molar-refractivity contribution >= 4 is 17.2 Å². The monoisotopic (exact) mass is 248 g/mol. The van der Waals surface area contributed by atoms with Crippen molar-refractivity contribution in [3.63, 3.8) is 0 Å². The van der Waals surface area contributed by atoms with Crippen LogP contribution < -0.4 is 5.73 Å². The summed E-state index contributed by atoms with van der Waals surface area (Å²) in [6, 6.07) is 0. The maximum Gasteiger partial charge on any atom is 0.190 e. The Morgan fingerprint density at radius 2 is 2.24 bits per heavy atom. The summed E-state index contributed by atoms with van der Waals surface area (Å²) in [6.45, 7) is 3.16. The molecular weight excluding hydrogens is 236 g/mol. The van der Waals surface area contributed by atoms with Gasteiger partial charge in [0.1, 0.15) is 5.82 Å². The van der Waals surface area contributed by atoms with Crippen LogP contribution in [0.15, 0.2) is 5.38 Å². The zero-order chi connectivity index (χ0) is 11.8. The molecule has 3 rings (SSSR count). The van der Waals surface area contributed by atoms with Crippen LogP contribution in [-0.4, -0.2) is 21.6 Å². The molecule has 0 fully saturated rings. The number of nitrogen functional groups attached to an aromatic ring is 1. The summed E-state index contributed by atoms with van der Waals surface area (Å²) < 4.78 is 5.35. The van der Waals surface area contributed by atoms with E-state index in [0.717, 1.165) is 28.4 Å². The van der Waals surface area contributed by atoms with E-state index in [2.05, 4.69) is 15.0 Å². The maximum atomic E-state index is 5.93. The van der Waals surface area contributed by atoms with Gasteiger partial charge in [-0.25, -0.2) is 15.0 Å². The fourth-order valence-corrected chi connectivity index (χ4v) is 2.54. The summed E-state index contributed by atoms with van der Waals surface area (Å²) in [7, 11) is 0. The predicted octanol–water partition coefficient (Wildman–Crippen LogP) is 1.56. The summed E-state index contributed by atoms with van der Waals surface area (Å²) >= 11 is 1.54. The second-order valence-electron chi connectivity index (χ2n) is 3.95. The highest BCUT2D eigenvalue weighted by Crippen LogP contribution is 2.26. The van der Waals surface area contributed by atoms with Gasteiger partial charge in [-0.3, -0.25) is 0 Å². The molecule has 0 amide bonds. The van der Waals surface area contributed by atoms with Gasteiger partial charge in [-0.05, 0) is 6.92 Å². The lowest BCUT2D eigenvalue weighted by atomic mass is 10.1. The minimum Gasteiger partial charge on any atom is -0.383 e. The summed E-state index contributed by atoms with van der Waals surface area (Å²) in [4.78, 5) is 13.2. The Bertz CT molecular complexity index is 567. The summed E-state index contributed by atoms with van der Waals surface area (Å²) in [6.07, 6.45) is 0.791. The Hall–Kier alpha value is -1.53. The van der Waals surface area contributed by atoms with Crippen LogP contribution in [0.4, 0.5) is 5.82 Å². The molecule has 0 unspecified atom stereocenters. The minimum atomic E-state index is 0.512. The van der Waals surface area contributed by atoms with E-state index in [0.29, 0.717) is 24.9 Å². The second-order valence-corrected chi connectivity index (χ2v) is 4.81. The van der Waals surface area contributed by atoms with E-state index < -0.39 is 0 Å². The minimum absolute atomic E-state index is 0.512. The Balaban J connectivity index is 2.10. The first-order valence-electron chi connectivity index (χ1n) is 5.39. The third-order valence-corrected chi connectivity index (χ3v) is 3.62. The molecule has 2 N–H and O–H groups in total. The van der Waals surface area contributed by atoms with Crippen molar-refractivity contribution in [1.29, 1.82) is 0 Å². The van der Waals surface area contributed by atoms with E-state index in [1.54, 1.807) is 0 Å². The van der Waals surface area contributed by atoms with E-state index in [9.17, 15) is 0 Å². The third kappa shape index (κ3) is 1.89. The van der Waals surface area contributed by atoms with Crippen molar-refractivity contribution in [2.75, 3.05) is 12.3 Å². The lowest BCUT2D eigenvalue weighted by Gasteiger charge is -2.17. The zero-order valence-electron chi connectivity index (χ0n) is 9.43. The van der Waals surface area contributed by atoms with Crippen LogP contribution in [0.25, 0.3) is 10.8 Å². The van der Waals surface area contributed by atoms with Crippen molar-refractivity contribution in [3.8, 4) is 10.8 Å². The number of hydrogen-bond donors (Lipinski definition) is 1. The SMILES string of the molecule is Cc1csc(-c2nc(N)c3c(n2)CCOC3)n1. The molecule has 0 aliphatic carbocycles. The molecule has 0 saturated carbocycles. The first-order chi connectivity index (χ1) is 8.24. The predicted molar refractivity (Wildman–Crippen MR) is 65.6 cm³/mol. The van der Waals surface area contributed by atoms with Gasteiger partial charge in [0.25, 0.3) is 0 Å². The van der Waals surface area contributed by atoms with Gasteiger partial charge in [0.05, 0.1) is 18.9 Å². The fourth-order valence-electron chi connectivity index (χ4n) is 1.81. The van der Waals surface area contributed by atoms with Gasteiger partial charge in [-0.2, -0.15) is 0 Å². The number of thiazole rings is 1. The average Bonchev–Trinajstić information content (AvgIpc) is 2.76. The van der Waals surface area contributed by atoms with Crippen molar-refractivity contribution < 1.29 is 4.74 Å². The molecule has 1 aliphatic rings. The second kappa shape index (κ2) is 4.05. The highest BCUT2D eigenvalue weighted by molar-refractivity contribution is 7.13. The molecule has 6 heteroatoms. The van der Waals surface area contributed by atoms with Crippen LogP contribution in [0.1, 0.15) is 17.0 Å². The lowest BCUT2D eigenvalue weighted by molar-refractivity contribution is 0.109. The first kappa shape index (κ1) is 10.6. The Labute approximate surface area is 103 Å². The van der Waals surface area contributed by atoms with E-state index in [1.807, 2.05) is 12.3 Å². The Morgan fingerprint density at radius 1 is 1.35 bits per heavy atom. The molecule has 5 nitrogen and oxygen atoms in total. The molecule has 0 bridgehead atoms. The van der Waals surface area contributed by atoms with Crippen molar-refractivity contribution in [2.45, 2.75) is 20.0 Å². The number of nitrogens with zero attached hydrogens (tertiary/aromatic N) is 3. The number of aromatic nitrogens is 3. The highest BCUT2D eigenvalue weighted by Gasteiger charge is 2.18. The molecule has 2 aromatic rings. The number of hydrogen-bond acceptors (Lipinski definition) is 6. The average molecular weight is 248 g/mol. The number of anilines is 1. The first-order valence-corrected chi connectivity index (χ1v) is 6.27. The summed E-state index contributed by atoms with van der Waals surface area (Å²) in [5.41, 5.74) is 8.83. The van der Waals surface area contributed by atoms with Gasteiger partial charge in [0.2, 0.25) is 0 Å². The molecule has 1 aliphatic heterocycles. The molecule has 0 saturated heterocycles. The van der Waals surface area contributed by atoms with Crippen LogP contribution >= 0.6 is 11.3 Å². The van der Waals surface area contributed by atoms with E-state index >= 15 is 0 Å². The van der Waals surface area contributed by atoms with Gasteiger partial charge in [-0.1, -0.05) is 0 Å². The van der Waals surface area contributed by atoms with E-state index in [-0.39, 0.29) is 0 Å². The number of fused-ring (bicyclic) bond motifs is 1. The number of ether oxygens (including phenoxy) is 1. The molecule has 0 aromatic carbocycles. The van der Waals surface area contributed by atoms with Crippen LogP contribution in [0.5, 0.6) is 0 Å². The zero-order valence-corrected chi connectivity index (χ0v) is 10.3. The quantitative estimate of drug-likeness (QED) is 0.829. The van der Waals surface area contributed by atoms with Crippen molar-refractivity contribution in [1.82, 2.24) is 15.0 Å². The molecule has 2 aromatic heterocycles. The topological polar surface area (TPSA) is 73.9 Å². The normalized spacial score (nSPS) is 14.6. The van der Waals surface area contributed by atoms with Crippen LogP contribution in [0.2, 0.25) is 0 Å². The number of rotatable bonds is 1. The van der Waals surface area contributed by atoms with Crippen molar-refractivity contribution in [3.05, 3.63) is 22.3 Å². The van der Waals surface area contributed by atoms with E-state index in [4.69, 9.17) is 10.5 Å². The molecule has 0 atom stereocenters. The summed E-state index contributed by atoms with van der Waals surface area (Å²) in [5, 5.41) is 2.81. The largest absolute Gasteiger partial charge is 0.383 e. The molecule has 0 spiro atoms. The number of nitrogens with two attached hydrogens (primary N) is 1. The molecule has 17 heavy (non-hydrogen) atoms.